The van der Waals surface area contributed by atoms with Crippen molar-refractivity contribution in [1.82, 2.24) is 15.0 Å². The maximum absolute atomic E-state index is 9.55. The second-order valence-electron chi connectivity index (χ2n) is 5.23. The summed E-state index contributed by atoms with van der Waals surface area (Å²) >= 11 is 5.95. The van der Waals surface area contributed by atoms with Gasteiger partial charge < -0.3 is 14.7 Å². The van der Waals surface area contributed by atoms with Gasteiger partial charge in [0.2, 0.25) is 11.2 Å². The first-order valence-corrected chi connectivity index (χ1v) is 7.43. The molecule has 112 valence electrons. The van der Waals surface area contributed by atoms with E-state index < -0.39 is 0 Å². The third kappa shape index (κ3) is 3.93. The molecule has 7 heteroatoms. The van der Waals surface area contributed by atoms with Crippen molar-refractivity contribution in [3.8, 4) is 6.01 Å². The molecular formula is C13H21ClN4O2. The van der Waals surface area contributed by atoms with Crippen LogP contribution in [0.3, 0.4) is 0 Å². The van der Waals surface area contributed by atoms with E-state index in [-0.39, 0.29) is 30.0 Å². The van der Waals surface area contributed by atoms with Crippen molar-refractivity contribution in [3.05, 3.63) is 5.28 Å². The van der Waals surface area contributed by atoms with Gasteiger partial charge in [0.1, 0.15) is 0 Å². The molecule has 1 fully saturated rings. The highest BCUT2D eigenvalue weighted by molar-refractivity contribution is 6.28. The molecule has 0 saturated carbocycles. The van der Waals surface area contributed by atoms with Crippen LogP contribution in [0.2, 0.25) is 5.28 Å². The molecule has 0 bridgehead atoms. The molecule has 1 atom stereocenters. The molecule has 0 aliphatic carbocycles. The van der Waals surface area contributed by atoms with Crippen molar-refractivity contribution in [2.75, 3.05) is 18.1 Å². The zero-order valence-electron chi connectivity index (χ0n) is 11.9. The molecule has 1 aromatic heterocycles. The Labute approximate surface area is 124 Å². The summed E-state index contributed by atoms with van der Waals surface area (Å²) in [6.45, 7) is 4.70. The SMILES string of the molecule is CC(C)Oc1nc(Cl)nc(N2CCCCCC2CO)n1. The van der Waals surface area contributed by atoms with Crippen molar-refractivity contribution in [2.45, 2.75) is 51.7 Å². The predicted molar refractivity (Wildman–Crippen MR) is 77.3 cm³/mol. The Hall–Kier alpha value is -1.14. The molecule has 1 aliphatic rings. The second-order valence-corrected chi connectivity index (χ2v) is 5.57. The monoisotopic (exact) mass is 300 g/mol. The van der Waals surface area contributed by atoms with E-state index in [1.54, 1.807) is 0 Å². The average molecular weight is 301 g/mol. The molecule has 2 rings (SSSR count). The molecule has 0 radical (unpaired) electrons. The molecule has 1 saturated heterocycles. The van der Waals surface area contributed by atoms with E-state index in [4.69, 9.17) is 16.3 Å². The highest BCUT2D eigenvalue weighted by Gasteiger charge is 2.24. The van der Waals surface area contributed by atoms with Gasteiger partial charge in [-0.2, -0.15) is 15.0 Å². The van der Waals surface area contributed by atoms with Crippen molar-refractivity contribution in [3.63, 3.8) is 0 Å². The van der Waals surface area contributed by atoms with Gasteiger partial charge in [-0.1, -0.05) is 12.8 Å². The third-order valence-electron chi connectivity index (χ3n) is 3.26. The summed E-state index contributed by atoms with van der Waals surface area (Å²) in [6, 6.07) is 0.263. The number of nitrogens with zero attached hydrogens (tertiary/aromatic N) is 4. The predicted octanol–water partition coefficient (Wildman–Crippen LogP) is 2.05. The zero-order chi connectivity index (χ0) is 14.5. The Balaban J connectivity index is 2.26. The number of aromatic nitrogens is 3. The van der Waals surface area contributed by atoms with Crippen LogP contribution < -0.4 is 9.64 Å². The smallest absolute Gasteiger partial charge is 0.322 e. The third-order valence-corrected chi connectivity index (χ3v) is 3.43. The number of ether oxygens (including phenoxy) is 1. The summed E-state index contributed by atoms with van der Waals surface area (Å²) in [5.74, 6) is 0.488. The van der Waals surface area contributed by atoms with Crippen molar-refractivity contribution in [2.24, 2.45) is 0 Å². The summed E-state index contributed by atoms with van der Waals surface area (Å²) in [7, 11) is 0. The lowest BCUT2D eigenvalue weighted by Gasteiger charge is -2.28. The fraction of sp³-hybridized carbons (Fsp3) is 0.769. The average Bonchev–Trinajstić information content (AvgIpc) is 2.61. The van der Waals surface area contributed by atoms with E-state index in [0.29, 0.717) is 5.95 Å². The maximum atomic E-state index is 9.55. The van der Waals surface area contributed by atoms with Crippen LogP contribution in [0.5, 0.6) is 6.01 Å². The van der Waals surface area contributed by atoms with Gasteiger partial charge in [-0.25, -0.2) is 0 Å². The second kappa shape index (κ2) is 7.04. The van der Waals surface area contributed by atoms with Crippen LogP contribution in [0.15, 0.2) is 0 Å². The highest BCUT2D eigenvalue weighted by atomic mass is 35.5. The van der Waals surface area contributed by atoms with Crippen molar-refractivity contribution < 1.29 is 9.84 Å². The molecule has 0 spiro atoms. The lowest BCUT2D eigenvalue weighted by molar-refractivity contribution is 0.220. The van der Waals surface area contributed by atoms with Gasteiger partial charge in [0.05, 0.1) is 18.8 Å². The summed E-state index contributed by atoms with van der Waals surface area (Å²) < 4.78 is 5.49. The van der Waals surface area contributed by atoms with Gasteiger partial charge in [-0.15, -0.1) is 0 Å². The van der Waals surface area contributed by atoms with Crippen molar-refractivity contribution in [1.29, 1.82) is 0 Å². The minimum Gasteiger partial charge on any atom is -0.461 e. The van der Waals surface area contributed by atoms with Gasteiger partial charge in [0.15, 0.2) is 0 Å². The zero-order valence-corrected chi connectivity index (χ0v) is 12.7. The minimum absolute atomic E-state index is 0.0286. The molecule has 1 aromatic rings. The lowest BCUT2D eigenvalue weighted by Crippen LogP contribution is -2.39. The van der Waals surface area contributed by atoms with E-state index in [1.165, 1.54) is 0 Å². The Bertz CT molecular complexity index is 444. The molecule has 0 aromatic carbocycles. The summed E-state index contributed by atoms with van der Waals surface area (Å²) in [4.78, 5) is 14.5. The van der Waals surface area contributed by atoms with E-state index in [0.717, 1.165) is 32.2 Å². The van der Waals surface area contributed by atoms with E-state index in [1.807, 2.05) is 18.7 Å². The first kappa shape index (κ1) is 15.3. The highest BCUT2D eigenvalue weighted by Crippen LogP contribution is 2.23. The lowest BCUT2D eigenvalue weighted by atomic mass is 10.1. The first-order valence-electron chi connectivity index (χ1n) is 7.06. The van der Waals surface area contributed by atoms with Crippen LogP contribution in [-0.4, -0.2) is 45.4 Å². The van der Waals surface area contributed by atoms with Crippen molar-refractivity contribution >= 4 is 17.5 Å². The summed E-state index contributed by atoms with van der Waals surface area (Å²) in [5, 5.41) is 9.67. The quantitative estimate of drug-likeness (QED) is 0.917. The Morgan fingerprint density at radius 1 is 1.30 bits per heavy atom. The number of halogens is 1. The maximum Gasteiger partial charge on any atom is 0.322 e. The molecule has 0 amide bonds. The van der Waals surface area contributed by atoms with Gasteiger partial charge in [0.25, 0.3) is 0 Å². The molecule has 1 N–H and O–H groups in total. The summed E-state index contributed by atoms with van der Waals surface area (Å²) in [6.07, 6.45) is 4.22. The Kier molecular flexibility index (Phi) is 5.37. The number of hydrogen-bond donors (Lipinski definition) is 1. The molecular weight excluding hydrogens is 280 g/mol. The van der Waals surface area contributed by atoms with E-state index in [2.05, 4.69) is 15.0 Å². The molecule has 1 unspecified atom stereocenters. The van der Waals surface area contributed by atoms with Gasteiger partial charge in [-0.3, -0.25) is 0 Å². The number of anilines is 1. The Morgan fingerprint density at radius 3 is 2.80 bits per heavy atom. The summed E-state index contributed by atoms with van der Waals surface area (Å²) in [5.41, 5.74) is 0. The number of rotatable bonds is 4. The van der Waals surface area contributed by atoms with Crippen LogP contribution in [-0.2, 0) is 0 Å². The number of aliphatic hydroxyl groups is 1. The molecule has 2 heterocycles. The molecule has 6 nitrogen and oxygen atoms in total. The Morgan fingerprint density at radius 2 is 2.10 bits per heavy atom. The fourth-order valence-corrected chi connectivity index (χ4v) is 2.49. The van der Waals surface area contributed by atoms with Crippen LogP contribution in [0.1, 0.15) is 39.5 Å². The van der Waals surface area contributed by atoms with Gasteiger partial charge >= 0.3 is 6.01 Å². The first-order chi connectivity index (χ1) is 9.60. The van der Waals surface area contributed by atoms with Crippen LogP contribution in [0, 0.1) is 0 Å². The van der Waals surface area contributed by atoms with Gasteiger partial charge in [-0.05, 0) is 38.3 Å². The number of aliphatic hydroxyl groups excluding tert-OH is 1. The normalized spacial score (nSPS) is 20.1. The minimum atomic E-state index is -0.0286. The van der Waals surface area contributed by atoms with Crippen LogP contribution in [0.4, 0.5) is 5.95 Å². The van der Waals surface area contributed by atoms with E-state index in [9.17, 15) is 5.11 Å². The molecule has 20 heavy (non-hydrogen) atoms. The van der Waals surface area contributed by atoms with Crippen LogP contribution >= 0.6 is 11.6 Å². The van der Waals surface area contributed by atoms with Crippen LogP contribution in [0.25, 0.3) is 0 Å². The molecule has 1 aliphatic heterocycles. The largest absolute Gasteiger partial charge is 0.461 e. The van der Waals surface area contributed by atoms with Gasteiger partial charge in [0, 0.05) is 6.54 Å². The fourth-order valence-electron chi connectivity index (χ4n) is 2.34. The number of hydrogen-bond acceptors (Lipinski definition) is 6. The topological polar surface area (TPSA) is 71.4 Å². The van der Waals surface area contributed by atoms with E-state index >= 15 is 0 Å². The standard InChI is InChI=1S/C13H21ClN4O2/c1-9(2)20-13-16-11(14)15-12(17-13)18-7-5-3-4-6-10(18)8-19/h9-10,19H,3-8H2,1-2H3.